The maximum Gasteiger partial charge on any atom is 0.0366 e. The molecule has 0 saturated heterocycles. The fourth-order valence-corrected chi connectivity index (χ4v) is 3.11. The van der Waals surface area contributed by atoms with Gasteiger partial charge in [-0.25, -0.2) is 0 Å². The first-order valence-corrected chi connectivity index (χ1v) is 7.36. The van der Waals surface area contributed by atoms with Crippen molar-refractivity contribution in [1.29, 1.82) is 0 Å². The molecule has 1 unspecified atom stereocenters. The Labute approximate surface area is 114 Å². The summed E-state index contributed by atoms with van der Waals surface area (Å²) in [7, 11) is 2.04. The van der Waals surface area contributed by atoms with Crippen LogP contribution in [0.1, 0.15) is 33.8 Å². The van der Waals surface area contributed by atoms with Crippen LogP contribution < -0.4 is 5.32 Å². The quantitative estimate of drug-likeness (QED) is 0.851. The Kier molecular flexibility index (Phi) is 4.56. The second kappa shape index (κ2) is 6.17. The summed E-state index contributed by atoms with van der Waals surface area (Å²) in [4.78, 5) is 2.94. The lowest BCUT2D eigenvalue weighted by atomic mass is 10.0. The van der Waals surface area contributed by atoms with Crippen LogP contribution in [0.3, 0.4) is 0 Å². The van der Waals surface area contributed by atoms with Gasteiger partial charge >= 0.3 is 0 Å². The molecule has 18 heavy (non-hydrogen) atoms. The second-order valence-electron chi connectivity index (χ2n) is 4.68. The summed E-state index contributed by atoms with van der Waals surface area (Å²) in [6, 6.07) is 13.8. The van der Waals surface area contributed by atoms with Crippen molar-refractivity contribution in [1.82, 2.24) is 5.32 Å². The third kappa shape index (κ3) is 3.21. The number of benzene rings is 1. The summed E-state index contributed by atoms with van der Waals surface area (Å²) in [5, 5.41) is 3.42. The normalized spacial score (nSPS) is 12.6. The van der Waals surface area contributed by atoms with Gasteiger partial charge in [0, 0.05) is 22.2 Å². The van der Waals surface area contributed by atoms with Gasteiger partial charge in [0.15, 0.2) is 0 Å². The van der Waals surface area contributed by atoms with Crippen molar-refractivity contribution in [2.24, 2.45) is 0 Å². The third-order valence-electron chi connectivity index (χ3n) is 3.30. The van der Waals surface area contributed by atoms with Gasteiger partial charge < -0.3 is 5.32 Å². The lowest BCUT2D eigenvalue weighted by molar-refractivity contribution is 0.596. The zero-order valence-electron chi connectivity index (χ0n) is 11.4. The van der Waals surface area contributed by atoms with Gasteiger partial charge in [-0.2, -0.15) is 0 Å². The Hall–Kier alpha value is -1.12. The summed E-state index contributed by atoms with van der Waals surface area (Å²) in [6.07, 6.45) is 2.21. The van der Waals surface area contributed by atoms with E-state index in [-0.39, 0.29) is 0 Å². The lowest BCUT2D eigenvalue weighted by Gasteiger charge is -2.16. The van der Waals surface area contributed by atoms with Crippen LogP contribution in [0.2, 0.25) is 0 Å². The van der Waals surface area contributed by atoms with E-state index in [2.05, 4.69) is 55.6 Å². The van der Waals surface area contributed by atoms with Crippen LogP contribution in [0.25, 0.3) is 0 Å². The minimum atomic E-state index is 0.411. The topological polar surface area (TPSA) is 12.0 Å². The summed E-state index contributed by atoms with van der Waals surface area (Å²) in [5.41, 5.74) is 2.69. The van der Waals surface area contributed by atoms with Gasteiger partial charge in [-0.1, -0.05) is 36.8 Å². The molecule has 0 amide bonds. The van der Waals surface area contributed by atoms with Crippen molar-refractivity contribution in [3.63, 3.8) is 0 Å². The standard InChI is InChI=1S/C16H21NS/c1-4-14-9-10-15(18-14)11-16(17-3)13-7-5-12(2)6-8-13/h5-10,16-17H,4,11H2,1-3H3. The largest absolute Gasteiger partial charge is 0.313 e. The first-order valence-electron chi connectivity index (χ1n) is 6.54. The van der Waals surface area contributed by atoms with E-state index in [1.807, 2.05) is 18.4 Å². The number of aryl methyl sites for hydroxylation is 2. The first-order chi connectivity index (χ1) is 8.72. The summed E-state index contributed by atoms with van der Waals surface area (Å²) >= 11 is 1.93. The molecule has 96 valence electrons. The fraction of sp³-hybridized carbons (Fsp3) is 0.375. The van der Waals surface area contributed by atoms with Crippen LogP contribution in [-0.2, 0) is 12.8 Å². The van der Waals surface area contributed by atoms with E-state index in [1.165, 1.54) is 20.9 Å². The highest BCUT2D eigenvalue weighted by atomic mass is 32.1. The van der Waals surface area contributed by atoms with Gasteiger partial charge in [0.25, 0.3) is 0 Å². The van der Waals surface area contributed by atoms with Crippen molar-refractivity contribution < 1.29 is 0 Å². The van der Waals surface area contributed by atoms with Crippen LogP contribution in [0.4, 0.5) is 0 Å². The van der Waals surface area contributed by atoms with Gasteiger partial charge in [0.2, 0.25) is 0 Å². The molecule has 0 spiro atoms. The summed E-state index contributed by atoms with van der Waals surface area (Å²) in [6.45, 7) is 4.34. The average Bonchev–Trinajstić information content (AvgIpc) is 2.85. The van der Waals surface area contributed by atoms with Crippen molar-refractivity contribution >= 4 is 11.3 Å². The van der Waals surface area contributed by atoms with Gasteiger partial charge in [-0.05, 0) is 38.1 Å². The van der Waals surface area contributed by atoms with Crippen LogP contribution in [0, 0.1) is 6.92 Å². The molecule has 0 bridgehead atoms. The lowest BCUT2D eigenvalue weighted by Crippen LogP contribution is -2.18. The number of thiophene rings is 1. The number of rotatable bonds is 5. The maximum atomic E-state index is 3.42. The average molecular weight is 259 g/mol. The smallest absolute Gasteiger partial charge is 0.0366 e. The molecule has 1 aromatic carbocycles. The molecule has 1 aromatic heterocycles. The third-order valence-corrected chi connectivity index (χ3v) is 4.55. The molecule has 1 heterocycles. The highest BCUT2D eigenvalue weighted by molar-refractivity contribution is 7.11. The fourth-order valence-electron chi connectivity index (χ4n) is 2.11. The Bertz CT molecular complexity index is 484. The van der Waals surface area contributed by atoms with Crippen molar-refractivity contribution in [2.75, 3.05) is 7.05 Å². The van der Waals surface area contributed by atoms with E-state index in [0.717, 1.165) is 12.8 Å². The Morgan fingerprint density at radius 1 is 1.06 bits per heavy atom. The van der Waals surface area contributed by atoms with Crippen molar-refractivity contribution in [3.05, 3.63) is 57.3 Å². The zero-order valence-corrected chi connectivity index (χ0v) is 12.2. The second-order valence-corrected chi connectivity index (χ2v) is 5.93. The molecule has 2 heteroatoms. The van der Waals surface area contributed by atoms with Crippen LogP contribution in [0.5, 0.6) is 0 Å². The molecule has 0 radical (unpaired) electrons. The molecule has 2 aromatic rings. The molecule has 0 aliphatic carbocycles. The van der Waals surface area contributed by atoms with E-state index in [1.54, 1.807) is 0 Å². The highest BCUT2D eigenvalue weighted by Crippen LogP contribution is 2.24. The van der Waals surface area contributed by atoms with Crippen LogP contribution in [0.15, 0.2) is 36.4 Å². The molecule has 2 rings (SSSR count). The summed E-state index contributed by atoms with van der Waals surface area (Å²) in [5.74, 6) is 0. The molecule has 1 N–H and O–H groups in total. The molecule has 1 atom stereocenters. The number of likely N-dealkylation sites (N-methyl/N-ethyl adjacent to an activating group) is 1. The van der Waals surface area contributed by atoms with E-state index < -0.39 is 0 Å². The first kappa shape index (κ1) is 13.3. The van der Waals surface area contributed by atoms with Gasteiger partial charge in [0.05, 0.1) is 0 Å². The minimum absolute atomic E-state index is 0.411. The number of hydrogen-bond acceptors (Lipinski definition) is 2. The predicted molar refractivity (Wildman–Crippen MR) is 80.4 cm³/mol. The molecular formula is C16H21NS. The summed E-state index contributed by atoms with van der Waals surface area (Å²) < 4.78 is 0. The van der Waals surface area contributed by atoms with E-state index >= 15 is 0 Å². The van der Waals surface area contributed by atoms with Gasteiger partial charge in [-0.3, -0.25) is 0 Å². The monoisotopic (exact) mass is 259 g/mol. The molecule has 0 aliphatic heterocycles. The maximum absolute atomic E-state index is 3.42. The van der Waals surface area contributed by atoms with Crippen molar-refractivity contribution in [2.45, 2.75) is 32.7 Å². The number of nitrogens with one attached hydrogen (secondary N) is 1. The molecule has 0 saturated carbocycles. The minimum Gasteiger partial charge on any atom is -0.313 e. The van der Waals surface area contributed by atoms with E-state index in [4.69, 9.17) is 0 Å². The van der Waals surface area contributed by atoms with Gasteiger partial charge in [0.1, 0.15) is 0 Å². The molecule has 1 nitrogen and oxygen atoms in total. The highest BCUT2D eigenvalue weighted by Gasteiger charge is 2.11. The van der Waals surface area contributed by atoms with Gasteiger partial charge in [-0.15, -0.1) is 11.3 Å². The van der Waals surface area contributed by atoms with Crippen molar-refractivity contribution in [3.8, 4) is 0 Å². The molecular weight excluding hydrogens is 238 g/mol. The van der Waals surface area contributed by atoms with E-state index in [9.17, 15) is 0 Å². The molecule has 0 aliphatic rings. The molecule has 0 fully saturated rings. The Balaban J connectivity index is 2.11. The number of hydrogen-bond donors (Lipinski definition) is 1. The van der Waals surface area contributed by atoms with Crippen LogP contribution in [-0.4, -0.2) is 7.05 Å². The Morgan fingerprint density at radius 2 is 1.72 bits per heavy atom. The Morgan fingerprint density at radius 3 is 2.28 bits per heavy atom. The zero-order chi connectivity index (χ0) is 13.0. The SMILES string of the molecule is CCc1ccc(CC(NC)c2ccc(C)cc2)s1. The van der Waals surface area contributed by atoms with E-state index in [0.29, 0.717) is 6.04 Å². The predicted octanol–water partition coefficient (Wildman–Crippen LogP) is 4.12. The van der Waals surface area contributed by atoms with Crippen LogP contribution >= 0.6 is 11.3 Å².